The molecule has 10 aromatic carbocycles. The Morgan fingerprint density at radius 1 is 0.378 bits per heavy atom. The quantitative estimate of drug-likeness (QED) is 0.135. The fourth-order valence-corrected chi connectivity index (χ4v) is 16.8. The standard InChI is InChI=1S/C79H74B3N5O2S/c1-43-29-61-71-65(31-43)85(47-23-17-16-18-24-47)63-27-21-19-25-53(63)80(71)55-39-57-64(41-59(55)83-61)87(90-15)66-37-48(86-74-49(33-45(76(3,4)5)35-51(74)78(9,10)11)50-34-46(77(6,7)8)36-52(75(50)86)79(12,13)14)38-70-73(66)82(57)58-40-56-60(42-68(58)89-70)84-62-30-44(2)32-69-72(62)81(56)54-26-20-22-28-67(54)88-69/h16-42,83-84H,1-15H3. The molecule has 0 bridgehead atoms. The molecule has 0 unspecified atom stereocenters. The Kier molecular flexibility index (Phi) is 11.5. The van der Waals surface area contributed by atoms with E-state index in [-0.39, 0.29) is 41.8 Å². The highest BCUT2D eigenvalue weighted by Gasteiger charge is 2.49. The molecule has 442 valence electrons. The van der Waals surface area contributed by atoms with Gasteiger partial charge < -0.3 is 29.6 Å². The lowest BCUT2D eigenvalue weighted by molar-refractivity contribution is 0.487. The Labute approximate surface area is 535 Å². The molecule has 6 aliphatic rings. The van der Waals surface area contributed by atoms with Crippen molar-refractivity contribution in [3.8, 4) is 28.7 Å². The average Bonchev–Trinajstić information content (AvgIpc) is 0.987. The van der Waals surface area contributed by atoms with Crippen LogP contribution in [-0.4, -0.2) is 31.0 Å². The fraction of sp³-hybridized carbons (Fsp3) is 0.241. The minimum atomic E-state index is -0.203. The molecule has 0 amide bonds. The van der Waals surface area contributed by atoms with E-state index in [1.54, 1.807) is 11.9 Å². The molecular formula is C79H74B3N5O2S. The molecule has 6 aliphatic heterocycles. The third kappa shape index (κ3) is 7.96. The van der Waals surface area contributed by atoms with Crippen LogP contribution in [0.15, 0.2) is 164 Å². The molecule has 1 aromatic heterocycles. The SMILES string of the molecule is CSN1c2cc3c(cc2B2c4cc5c(cc4Oc4cc(-n6c7c(C(C)(C)C)cc(C(C)(C)C)cc7c7cc(C(C)(C)C)cc(C(C)(C)C)c76)cc1c42)Nc1cc(C)cc2c1B5c1ccccc1O2)B1c2ccccc2N(c2ccccc2)c2cc(C)cc(c21)N3. The second-order valence-corrected chi connectivity index (χ2v) is 31.2. The van der Waals surface area contributed by atoms with Gasteiger partial charge in [-0.2, -0.15) is 0 Å². The van der Waals surface area contributed by atoms with Gasteiger partial charge in [0.25, 0.3) is 20.1 Å². The first-order chi connectivity index (χ1) is 42.9. The van der Waals surface area contributed by atoms with E-state index in [0.717, 1.165) is 73.8 Å². The van der Waals surface area contributed by atoms with Crippen molar-refractivity contribution in [2.24, 2.45) is 0 Å². The highest BCUT2D eigenvalue weighted by Crippen LogP contribution is 2.50. The molecule has 0 spiro atoms. The zero-order valence-electron chi connectivity index (χ0n) is 54.4. The van der Waals surface area contributed by atoms with Crippen molar-refractivity contribution < 1.29 is 9.47 Å². The third-order valence-corrected chi connectivity index (χ3v) is 21.1. The van der Waals surface area contributed by atoms with Gasteiger partial charge in [0.15, 0.2) is 0 Å². The molecule has 0 atom stereocenters. The van der Waals surface area contributed by atoms with Gasteiger partial charge in [0.05, 0.1) is 22.4 Å². The largest absolute Gasteiger partial charge is 0.458 e. The molecule has 0 saturated carbocycles. The van der Waals surface area contributed by atoms with Crippen LogP contribution in [0.4, 0.5) is 51.2 Å². The number of rotatable bonds is 3. The lowest BCUT2D eigenvalue weighted by atomic mass is 9.29. The van der Waals surface area contributed by atoms with E-state index >= 15 is 0 Å². The van der Waals surface area contributed by atoms with Crippen LogP contribution in [-0.2, 0) is 21.7 Å². The van der Waals surface area contributed by atoms with Gasteiger partial charge >= 0.3 is 0 Å². The van der Waals surface area contributed by atoms with Crippen molar-refractivity contribution in [2.75, 3.05) is 26.1 Å². The molecule has 90 heavy (non-hydrogen) atoms. The van der Waals surface area contributed by atoms with Crippen LogP contribution in [0.5, 0.6) is 23.0 Å². The molecular weight excluding hydrogens is 1120 g/mol. The summed E-state index contributed by atoms with van der Waals surface area (Å²) in [5.41, 5.74) is 32.0. The number of hydrogen-bond acceptors (Lipinski definition) is 7. The Morgan fingerprint density at radius 2 is 0.922 bits per heavy atom. The van der Waals surface area contributed by atoms with Crippen molar-refractivity contribution in [3.05, 3.63) is 197 Å². The first-order valence-electron chi connectivity index (χ1n) is 32.2. The highest BCUT2D eigenvalue weighted by atomic mass is 32.2. The van der Waals surface area contributed by atoms with E-state index in [9.17, 15) is 0 Å². The van der Waals surface area contributed by atoms with E-state index in [1.807, 2.05) is 0 Å². The summed E-state index contributed by atoms with van der Waals surface area (Å²) in [4.78, 5) is 2.47. The molecule has 0 saturated heterocycles. The first kappa shape index (κ1) is 55.4. The van der Waals surface area contributed by atoms with Gasteiger partial charge in [-0.15, -0.1) is 0 Å². The van der Waals surface area contributed by atoms with Crippen molar-refractivity contribution in [3.63, 3.8) is 0 Å². The number of anilines is 9. The predicted octanol–water partition coefficient (Wildman–Crippen LogP) is 15.0. The predicted molar refractivity (Wildman–Crippen MR) is 388 cm³/mol. The van der Waals surface area contributed by atoms with E-state index in [2.05, 4.69) is 291 Å². The first-order valence-corrected chi connectivity index (χ1v) is 33.4. The smallest absolute Gasteiger partial charge is 0.256 e. The summed E-state index contributed by atoms with van der Waals surface area (Å²) in [6, 6.07) is 62.7. The number of nitrogens with zero attached hydrogens (tertiary/aromatic N) is 3. The number of para-hydroxylation sites is 3. The van der Waals surface area contributed by atoms with Gasteiger partial charge in [-0.3, -0.25) is 4.31 Å². The van der Waals surface area contributed by atoms with Gasteiger partial charge in [-0.1, -0.05) is 162 Å². The third-order valence-electron chi connectivity index (χ3n) is 20.3. The van der Waals surface area contributed by atoms with Crippen LogP contribution in [0.1, 0.15) is 116 Å². The number of fused-ring (bicyclic) bond motifs is 15. The maximum atomic E-state index is 7.78. The Balaban J connectivity index is 0.964. The van der Waals surface area contributed by atoms with Crippen molar-refractivity contribution in [2.45, 2.75) is 119 Å². The Bertz CT molecular complexity index is 4910. The monoisotopic (exact) mass is 1190 g/mol. The lowest BCUT2D eigenvalue weighted by Gasteiger charge is -2.43. The van der Waals surface area contributed by atoms with Crippen LogP contribution in [0.3, 0.4) is 0 Å². The second kappa shape index (κ2) is 18.7. The van der Waals surface area contributed by atoms with E-state index in [1.165, 1.54) is 110 Å². The number of aryl methyl sites for hydroxylation is 2. The number of aromatic nitrogens is 1. The summed E-state index contributed by atoms with van der Waals surface area (Å²) in [7, 11) is 0. The maximum Gasteiger partial charge on any atom is 0.256 e. The van der Waals surface area contributed by atoms with Crippen LogP contribution in [0, 0.1) is 13.8 Å². The number of hydrogen-bond donors (Lipinski definition) is 2. The molecule has 11 heteroatoms. The normalized spacial score (nSPS) is 14.7. The Hall–Kier alpha value is -8.66. The van der Waals surface area contributed by atoms with Gasteiger partial charge in [0.2, 0.25) is 0 Å². The molecule has 7 nitrogen and oxygen atoms in total. The van der Waals surface area contributed by atoms with E-state index < -0.39 is 0 Å². The highest BCUT2D eigenvalue weighted by molar-refractivity contribution is 8.00. The summed E-state index contributed by atoms with van der Waals surface area (Å²) in [6.07, 6.45) is 2.24. The molecule has 11 aromatic rings. The van der Waals surface area contributed by atoms with Crippen LogP contribution in [0.25, 0.3) is 27.5 Å². The molecule has 0 radical (unpaired) electrons. The minimum absolute atomic E-state index is 0.0367. The summed E-state index contributed by atoms with van der Waals surface area (Å²) < 4.78 is 19.7. The van der Waals surface area contributed by atoms with E-state index in [0.29, 0.717) is 0 Å². The topological polar surface area (TPSA) is 53.9 Å². The summed E-state index contributed by atoms with van der Waals surface area (Å²) in [5, 5.41) is 10.7. The number of nitrogens with one attached hydrogen (secondary N) is 2. The maximum absolute atomic E-state index is 7.78. The molecule has 7 heterocycles. The van der Waals surface area contributed by atoms with Crippen LogP contribution >= 0.6 is 11.9 Å². The lowest BCUT2D eigenvalue weighted by Crippen LogP contribution is -2.65. The zero-order valence-corrected chi connectivity index (χ0v) is 55.2. The zero-order chi connectivity index (χ0) is 62.1. The van der Waals surface area contributed by atoms with Gasteiger partial charge in [0.1, 0.15) is 23.0 Å². The van der Waals surface area contributed by atoms with Gasteiger partial charge in [-0.05, 0) is 203 Å². The van der Waals surface area contributed by atoms with Crippen molar-refractivity contribution >= 4 is 154 Å². The molecule has 0 fully saturated rings. The van der Waals surface area contributed by atoms with Crippen molar-refractivity contribution in [1.29, 1.82) is 0 Å². The molecule has 0 aliphatic carbocycles. The second-order valence-electron chi connectivity index (χ2n) is 30.5. The summed E-state index contributed by atoms with van der Waals surface area (Å²) >= 11 is 1.77. The van der Waals surface area contributed by atoms with Gasteiger partial charge in [0, 0.05) is 74.7 Å². The summed E-state index contributed by atoms with van der Waals surface area (Å²) in [5.74, 6) is 3.54. The fourth-order valence-electron chi connectivity index (χ4n) is 16.1. The average molecular weight is 1190 g/mol. The molecule has 17 rings (SSSR count). The van der Waals surface area contributed by atoms with E-state index in [4.69, 9.17) is 9.47 Å². The van der Waals surface area contributed by atoms with Crippen LogP contribution < -0.4 is 78.5 Å². The minimum Gasteiger partial charge on any atom is -0.458 e. The van der Waals surface area contributed by atoms with Crippen LogP contribution in [0.2, 0.25) is 0 Å². The number of benzene rings is 10. The summed E-state index contributed by atoms with van der Waals surface area (Å²) in [6.45, 7) is 32.6. The number of ether oxygens (including phenoxy) is 2. The van der Waals surface area contributed by atoms with Gasteiger partial charge in [-0.25, -0.2) is 0 Å². The molecule has 2 N–H and O–H groups in total. The van der Waals surface area contributed by atoms with Crippen molar-refractivity contribution in [1.82, 2.24) is 4.57 Å². The Morgan fingerprint density at radius 3 is 1.57 bits per heavy atom.